The molecule has 1 aliphatic rings. The quantitative estimate of drug-likeness (QED) is 0.392. The van der Waals surface area contributed by atoms with Gasteiger partial charge in [0.2, 0.25) is 0 Å². The van der Waals surface area contributed by atoms with E-state index in [4.69, 9.17) is 0 Å². The van der Waals surface area contributed by atoms with Gasteiger partial charge in [-0.15, -0.1) is 10.7 Å². The van der Waals surface area contributed by atoms with Gasteiger partial charge in [0.15, 0.2) is 0 Å². The third-order valence-electron chi connectivity index (χ3n) is 0.397. The van der Waals surface area contributed by atoms with Gasteiger partial charge in [0, 0.05) is 0 Å². The van der Waals surface area contributed by atoms with Gasteiger partial charge in [0.1, 0.15) is 0 Å². The first-order valence-electron chi connectivity index (χ1n) is 1.59. The standard InChI is InChI=1S/H2N4O4/c5-3-1-7-4(6)2-8-3/h1-2H/q-2. The van der Waals surface area contributed by atoms with E-state index in [-0.39, 0.29) is 10.7 Å². The lowest BCUT2D eigenvalue weighted by Crippen LogP contribution is -2.52. The van der Waals surface area contributed by atoms with Crippen LogP contribution in [-0.4, -0.2) is 10.7 Å². The van der Waals surface area contributed by atoms with E-state index in [2.05, 4.69) is 9.88 Å². The van der Waals surface area contributed by atoms with Gasteiger partial charge in [-0.3, -0.25) is 0 Å². The van der Waals surface area contributed by atoms with Crippen LogP contribution in [0.3, 0.4) is 0 Å². The van der Waals surface area contributed by atoms with Crippen LogP contribution in [0.5, 0.6) is 0 Å². The molecule has 1 aliphatic heterocycles. The lowest BCUT2D eigenvalue weighted by molar-refractivity contribution is -0.451. The van der Waals surface area contributed by atoms with Crippen molar-refractivity contribution in [1.82, 2.24) is 21.8 Å². The van der Waals surface area contributed by atoms with E-state index in [1.165, 1.54) is 11.2 Å². The van der Waals surface area contributed by atoms with Crippen molar-refractivity contribution in [1.29, 1.82) is 0 Å². The smallest absolute Gasteiger partial charge is 0.0996 e. The summed E-state index contributed by atoms with van der Waals surface area (Å²) in [6, 6.07) is 0. The van der Waals surface area contributed by atoms with Crippen molar-refractivity contribution in [3.05, 3.63) is 10.4 Å². The molecule has 8 nitrogen and oxygen atoms in total. The Morgan fingerprint density at radius 1 is 1.00 bits per heavy atom. The Labute approximate surface area is 43.5 Å². The summed E-state index contributed by atoms with van der Waals surface area (Å²) in [6.45, 7) is 0. The van der Waals surface area contributed by atoms with Crippen LogP contribution in [-0.2, 0) is 9.88 Å². The molecule has 0 unspecified atom stereocenters. The summed E-state index contributed by atoms with van der Waals surface area (Å²) < 4.78 is 0. The highest BCUT2D eigenvalue weighted by Gasteiger charge is 1.99. The van der Waals surface area contributed by atoms with Crippen LogP contribution in [0.4, 0.5) is 0 Å². The molecule has 0 aromatic rings. The van der Waals surface area contributed by atoms with Crippen molar-refractivity contribution < 1.29 is 9.88 Å². The van der Waals surface area contributed by atoms with Crippen LogP contribution < -0.4 is 11.2 Å². The summed E-state index contributed by atoms with van der Waals surface area (Å²) >= 11 is 0. The van der Waals surface area contributed by atoms with Crippen LogP contribution in [0.25, 0.3) is 0 Å². The summed E-state index contributed by atoms with van der Waals surface area (Å²) in [5.74, 6) is 0. The van der Waals surface area contributed by atoms with Gasteiger partial charge in [0.25, 0.3) is 0 Å². The van der Waals surface area contributed by atoms with Crippen molar-refractivity contribution in [3.63, 3.8) is 0 Å². The van der Waals surface area contributed by atoms with E-state index in [1.807, 2.05) is 0 Å². The Hall–Kier alpha value is -0.320. The molecule has 0 aliphatic carbocycles. The van der Waals surface area contributed by atoms with Crippen LogP contribution in [0.2, 0.25) is 0 Å². The van der Waals surface area contributed by atoms with Gasteiger partial charge >= 0.3 is 0 Å². The zero-order valence-corrected chi connectivity index (χ0v) is 3.53. The molecule has 0 aromatic carbocycles. The molecule has 1 saturated heterocycles. The third kappa shape index (κ3) is 1.33. The Bertz CT molecular complexity index is 56.4. The SMILES string of the molecule is [O-]N1NON([O-])NO1. The maximum atomic E-state index is 9.84. The molecule has 1 heterocycles. The number of hydrazine groups is 2. The van der Waals surface area contributed by atoms with Crippen LogP contribution in [0.15, 0.2) is 0 Å². The Morgan fingerprint density at radius 2 is 1.38 bits per heavy atom. The van der Waals surface area contributed by atoms with Gasteiger partial charge in [0.05, 0.1) is 0 Å². The fourth-order valence-corrected chi connectivity index (χ4v) is 0.178. The fraction of sp³-hybridized carbons (Fsp3) is 0. The van der Waals surface area contributed by atoms with Gasteiger partial charge in [-0.25, -0.2) is 0 Å². The molecular formula is H2N4O4-2. The summed E-state index contributed by atoms with van der Waals surface area (Å²) in [5.41, 5.74) is 3.08. The largest absolute Gasteiger partial charge is 0.745 e. The maximum Gasteiger partial charge on any atom is -0.0996 e. The second-order valence-electron chi connectivity index (χ2n) is 0.879. The van der Waals surface area contributed by atoms with Crippen LogP contribution in [0.1, 0.15) is 0 Å². The van der Waals surface area contributed by atoms with Crippen molar-refractivity contribution in [2.45, 2.75) is 0 Å². The molecule has 0 radical (unpaired) electrons. The molecule has 0 amide bonds. The normalized spacial score (nSPS) is 26.2. The number of nitrogens with zero attached hydrogens (tertiary/aromatic N) is 2. The summed E-state index contributed by atoms with van der Waals surface area (Å²) in [5, 5.41) is 19.3. The highest BCUT2D eigenvalue weighted by atomic mass is 17.2. The molecule has 2 N–H and O–H groups in total. The number of rotatable bonds is 0. The Balaban J connectivity index is 2.19. The van der Waals surface area contributed by atoms with Gasteiger partial charge in [-0.2, -0.15) is 9.88 Å². The molecule has 0 spiro atoms. The van der Waals surface area contributed by atoms with E-state index in [0.717, 1.165) is 0 Å². The molecule has 1 fully saturated rings. The minimum atomic E-state index is -0.172. The van der Waals surface area contributed by atoms with E-state index in [0.29, 0.717) is 0 Å². The number of hydrogen-bond acceptors (Lipinski definition) is 8. The van der Waals surface area contributed by atoms with Crippen LogP contribution in [0, 0.1) is 10.4 Å². The molecule has 0 bridgehead atoms. The van der Waals surface area contributed by atoms with Crippen molar-refractivity contribution in [2.24, 2.45) is 0 Å². The van der Waals surface area contributed by atoms with E-state index in [9.17, 15) is 10.4 Å². The first-order chi connectivity index (χ1) is 3.79. The average Bonchev–Trinajstić information content (AvgIpc) is 1.77. The van der Waals surface area contributed by atoms with E-state index >= 15 is 0 Å². The minimum Gasteiger partial charge on any atom is -0.745 e. The Morgan fingerprint density at radius 3 is 1.62 bits per heavy atom. The zero-order chi connectivity index (χ0) is 5.98. The van der Waals surface area contributed by atoms with E-state index < -0.39 is 0 Å². The lowest BCUT2D eigenvalue weighted by Gasteiger charge is -2.38. The van der Waals surface area contributed by atoms with Gasteiger partial charge < -0.3 is 10.4 Å². The molecular weight excluding hydrogens is 120 g/mol. The van der Waals surface area contributed by atoms with Crippen LogP contribution >= 0.6 is 0 Å². The molecule has 0 aromatic heterocycles. The van der Waals surface area contributed by atoms with Gasteiger partial charge in [-0.05, 0) is 0 Å². The topological polar surface area (TPSA) is 95.1 Å². The van der Waals surface area contributed by atoms with Crippen molar-refractivity contribution in [3.8, 4) is 0 Å². The predicted octanol–water partition coefficient (Wildman–Crippen LogP) is -1.70. The summed E-state index contributed by atoms with van der Waals surface area (Å²) in [7, 11) is 0. The molecule has 8 heteroatoms. The molecule has 48 valence electrons. The second kappa shape index (κ2) is 2.30. The highest BCUT2D eigenvalue weighted by molar-refractivity contribution is 4.26. The number of nitrogens with one attached hydrogen (secondary N) is 2. The Kier molecular flexibility index (Phi) is 1.67. The zero-order valence-electron chi connectivity index (χ0n) is 3.53. The average molecular weight is 122 g/mol. The monoisotopic (exact) mass is 122 g/mol. The molecule has 0 atom stereocenters. The molecule has 8 heavy (non-hydrogen) atoms. The van der Waals surface area contributed by atoms with Crippen molar-refractivity contribution in [2.75, 3.05) is 0 Å². The van der Waals surface area contributed by atoms with E-state index in [1.54, 1.807) is 0 Å². The fourth-order valence-electron chi connectivity index (χ4n) is 0.178. The third-order valence-corrected chi connectivity index (χ3v) is 0.397. The molecule has 1 rings (SSSR count). The van der Waals surface area contributed by atoms with Crippen molar-refractivity contribution >= 4 is 0 Å². The maximum absolute atomic E-state index is 9.84. The second-order valence-corrected chi connectivity index (χ2v) is 0.879. The number of hydrogen-bond donors (Lipinski definition) is 2. The summed E-state index contributed by atoms with van der Waals surface area (Å²) in [6.07, 6.45) is 0. The minimum absolute atomic E-state index is 0.172. The summed E-state index contributed by atoms with van der Waals surface area (Å²) in [4.78, 5) is 7.59. The highest BCUT2D eigenvalue weighted by Crippen LogP contribution is 1.87. The first-order valence-corrected chi connectivity index (χ1v) is 1.59. The first kappa shape index (κ1) is 5.81. The predicted molar refractivity (Wildman–Crippen MR) is 18.9 cm³/mol. The lowest BCUT2D eigenvalue weighted by atomic mass is 12.3. The van der Waals surface area contributed by atoms with Gasteiger partial charge in [-0.1, -0.05) is 11.2 Å². The molecule has 0 saturated carbocycles.